The number of pyridine rings is 1. The molecule has 0 spiro atoms. The highest BCUT2D eigenvalue weighted by Crippen LogP contribution is 2.20. The molecule has 0 radical (unpaired) electrons. The van der Waals surface area contributed by atoms with Crippen molar-refractivity contribution in [1.29, 1.82) is 0 Å². The van der Waals surface area contributed by atoms with E-state index in [0.717, 1.165) is 61.7 Å². The van der Waals surface area contributed by atoms with Gasteiger partial charge >= 0.3 is 0 Å². The van der Waals surface area contributed by atoms with Gasteiger partial charge in [0.2, 0.25) is 0 Å². The topological polar surface area (TPSA) is 46.8 Å². The van der Waals surface area contributed by atoms with E-state index in [1.54, 1.807) is 0 Å². The van der Waals surface area contributed by atoms with E-state index in [0.29, 0.717) is 6.42 Å². The third-order valence-electron chi connectivity index (χ3n) is 5.39. The molecule has 0 unspecified atom stereocenters. The summed E-state index contributed by atoms with van der Waals surface area (Å²) in [5.74, 6) is 0.159. The summed E-state index contributed by atoms with van der Waals surface area (Å²) >= 11 is 0. The third kappa shape index (κ3) is 3.80. The van der Waals surface area contributed by atoms with Crippen molar-refractivity contribution in [2.75, 3.05) is 31.2 Å². The summed E-state index contributed by atoms with van der Waals surface area (Å²) in [7, 11) is 0. The van der Waals surface area contributed by atoms with Gasteiger partial charge in [0.15, 0.2) is 5.78 Å². The van der Waals surface area contributed by atoms with Crippen molar-refractivity contribution >= 4 is 17.1 Å². The lowest BCUT2D eigenvalue weighted by Gasteiger charge is -2.28. The molecule has 28 heavy (non-hydrogen) atoms. The van der Waals surface area contributed by atoms with Gasteiger partial charge in [0, 0.05) is 31.4 Å². The molecule has 0 saturated carbocycles. The van der Waals surface area contributed by atoms with Crippen molar-refractivity contribution in [3.63, 3.8) is 0 Å². The fourth-order valence-electron chi connectivity index (χ4n) is 3.81. The Kier molecular flexibility index (Phi) is 5.44. The van der Waals surface area contributed by atoms with E-state index < -0.39 is 0 Å². The maximum absolute atomic E-state index is 13.0. The fourth-order valence-corrected chi connectivity index (χ4v) is 3.81. The van der Waals surface area contributed by atoms with Crippen molar-refractivity contribution < 1.29 is 9.53 Å². The van der Waals surface area contributed by atoms with Crippen molar-refractivity contribution in [2.24, 2.45) is 0 Å². The highest BCUT2D eigenvalue weighted by molar-refractivity contribution is 5.96. The zero-order chi connectivity index (χ0) is 19.5. The quantitative estimate of drug-likeness (QED) is 0.612. The number of fused-ring (bicyclic) bond motifs is 1. The molecule has 1 aliphatic heterocycles. The Balaban J connectivity index is 1.47. The standard InChI is InChI=1S/C23H27N3O2/c1-3-20-23(26-16-17(2)4-11-22(26)24-20)21(27)10-7-18-5-8-19(9-6-18)25-12-14-28-15-13-25/h4-6,8-9,11,16H,3,7,10,12-15H2,1-2H3. The predicted octanol–water partition coefficient (Wildman–Crippen LogP) is 3.86. The van der Waals surface area contributed by atoms with E-state index in [2.05, 4.69) is 41.1 Å². The Morgan fingerprint density at radius 3 is 2.57 bits per heavy atom. The number of hydrogen-bond donors (Lipinski definition) is 0. The molecule has 5 nitrogen and oxygen atoms in total. The van der Waals surface area contributed by atoms with E-state index in [1.807, 2.05) is 29.7 Å². The van der Waals surface area contributed by atoms with Crippen LogP contribution in [0.3, 0.4) is 0 Å². The number of anilines is 1. The molecule has 0 amide bonds. The number of imidazole rings is 1. The number of ketones is 1. The van der Waals surface area contributed by atoms with Crippen LogP contribution in [0.25, 0.3) is 5.65 Å². The van der Waals surface area contributed by atoms with Crippen molar-refractivity contribution in [1.82, 2.24) is 9.38 Å². The molecule has 4 rings (SSSR count). The van der Waals surface area contributed by atoms with Gasteiger partial charge in [0.1, 0.15) is 11.3 Å². The second-order valence-corrected chi connectivity index (χ2v) is 7.38. The van der Waals surface area contributed by atoms with Gasteiger partial charge in [-0.25, -0.2) is 4.98 Å². The number of carbonyl (C=O) groups is 1. The number of Topliss-reactive ketones (excluding diaryl/α,β-unsaturated/α-hetero) is 1. The summed E-state index contributed by atoms with van der Waals surface area (Å²) in [6.07, 6.45) is 4.00. The molecule has 1 fully saturated rings. The van der Waals surface area contributed by atoms with E-state index in [4.69, 9.17) is 4.74 Å². The van der Waals surface area contributed by atoms with Gasteiger partial charge in [0.25, 0.3) is 0 Å². The molecule has 3 aromatic rings. The van der Waals surface area contributed by atoms with E-state index in [-0.39, 0.29) is 5.78 Å². The molecule has 0 N–H and O–H groups in total. The van der Waals surface area contributed by atoms with Crippen LogP contribution >= 0.6 is 0 Å². The number of ether oxygens (including phenoxy) is 1. The van der Waals surface area contributed by atoms with Gasteiger partial charge in [-0.3, -0.25) is 9.20 Å². The Labute approximate surface area is 166 Å². The van der Waals surface area contributed by atoms with Gasteiger partial charge in [-0.1, -0.05) is 25.1 Å². The first kappa shape index (κ1) is 18.7. The lowest BCUT2D eigenvalue weighted by Crippen LogP contribution is -2.36. The molecular formula is C23H27N3O2. The van der Waals surface area contributed by atoms with E-state index >= 15 is 0 Å². The molecule has 3 heterocycles. The first-order valence-corrected chi connectivity index (χ1v) is 10.1. The van der Waals surface area contributed by atoms with Gasteiger partial charge in [-0.2, -0.15) is 0 Å². The number of rotatable bonds is 6. The fraction of sp³-hybridized carbons (Fsp3) is 0.391. The Morgan fingerprint density at radius 1 is 1.11 bits per heavy atom. The Hall–Kier alpha value is -2.66. The molecule has 0 bridgehead atoms. The average molecular weight is 377 g/mol. The van der Waals surface area contributed by atoms with Crippen LogP contribution in [0.1, 0.15) is 40.7 Å². The minimum atomic E-state index is 0.159. The highest BCUT2D eigenvalue weighted by atomic mass is 16.5. The summed E-state index contributed by atoms with van der Waals surface area (Å²) in [5, 5.41) is 0. The Bertz CT molecular complexity index is 969. The molecule has 0 aliphatic carbocycles. The predicted molar refractivity (Wildman–Crippen MR) is 111 cm³/mol. The van der Waals surface area contributed by atoms with Crippen LogP contribution in [0.4, 0.5) is 5.69 Å². The lowest BCUT2D eigenvalue weighted by molar-refractivity contribution is 0.0976. The zero-order valence-electron chi connectivity index (χ0n) is 16.6. The second kappa shape index (κ2) is 8.15. The summed E-state index contributed by atoms with van der Waals surface area (Å²) in [6, 6.07) is 12.6. The molecule has 2 aromatic heterocycles. The van der Waals surface area contributed by atoms with Gasteiger partial charge < -0.3 is 9.64 Å². The third-order valence-corrected chi connectivity index (χ3v) is 5.39. The number of carbonyl (C=O) groups excluding carboxylic acids is 1. The van der Waals surface area contributed by atoms with Gasteiger partial charge in [-0.05, 0) is 49.1 Å². The molecule has 5 heteroatoms. The summed E-state index contributed by atoms with van der Waals surface area (Å²) < 4.78 is 7.37. The lowest BCUT2D eigenvalue weighted by atomic mass is 10.0. The maximum Gasteiger partial charge on any atom is 0.181 e. The molecule has 1 aliphatic rings. The maximum atomic E-state index is 13.0. The summed E-state index contributed by atoms with van der Waals surface area (Å²) in [6.45, 7) is 7.53. The number of benzene rings is 1. The molecular weight excluding hydrogens is 350 g/mol. The van der Waals surface area contributed by atoms with Crippen molar-refractivity contribution in [3.05, 3.63) is 65.1 Å². The van der Waals surface area contributed by atoms with Crippen LogP contribution < -0.4 is 4.90 Å². The minimum Gasteiger partial charge on any atom is -0.378 e. The number of morpholine rings is 1. The van der Waals surface area contributed by atoms with Crippen molar-refractivity contribution in [2.45, 2.75) is 33.1 Å². The summed E-state index contributed by atoms with van der Waals surface area (Å²) in [4.78, 5) is 20.0. The minimum absolute atomic E-state index is 0.159. The highest BCUT2D eigenvalue weighted by Gasteiger charge is 2.18. The van der Waals surface area contributed by atoms with E-state index in [9.17, 15) is 4.79 Å². The number of aromatic nitrogens is 2. The van der Waals surface area contributed by atoms with Crippen LogP contribution in [-0.2, 0) is 17.6 Å². The summed E-state index contributed by atoms with van der Waals surface area (Å²) in [5.41, 5.74) is 6.02. The molecule has 0 atom stereocenters. The SMILES string of the molecule is CCc1nc2ccc(C)cn2c1C(=O)CCc1ccc(N2CCOCC2)cc1. The first-order valence-electron chi connectivity index (χ1n) is 10.1. The van der Waals surface area contributed by atoms with Gasteiger partial charge in [-0.15, -0.1) is 0 Å². The van der Waals surface area contributed by atoms with Crippen LogP contribution in [-0.4, -0.2) is 41.5 Å². The largest absolute Gasteiger partial charge is 0.378 e. The van der Waals surface area contributed by atoms with E-state index in [1.165, 1.54) is 11.3 Å². The second-order valence-electron chi connectivity index (χ2n) is 7.38. The number of nitrogens with zero attached hydrogens (tertiary/aromatic N) is 3. The zero-order valence-corrected chi connectivity index (χ0v) is 16.6. The van der Waals surface area contributed by atoms with Crippen LogP contribution in [0.5, 0.6) is 0 Å². The average Bonchev–Trinajstić information content (AvgIpc) is 3.11. The Morgan fingerprint density at radius 2 is 1.86 bits per heavy atom. The van der Waals surface area contributed by atoms with Crippen LogP contribution in [0, 0.1) is 6.92 Å². The normalized spacial score (nSPS) is 14.6. The monoisotopic (exact) mass is 377 g/mol. The first-order chi connectivity index (χ1) is 13.7. The number of hydrogen-bond acceptors (Lipinski definition) is 4. The molecule has 1 saturated heterocycles. The van der Waals surface area contributed by atoms with Crippen LogP contribution in [0.2, 0.25) is 0 Å². The molecule has 146 valence electrons. The number of aryl methyl sites for hydroxylation is 3. The molecule has 1 aromatic carbocycles. The van der Waals surface area contributed by atoms with Crippen LogP contribution in [0.15, 0.2) is 42.6 Å². The van der Waals surface area contributed by atoms with Crippen molar-refractivity contribution in [3.8, 4) is 0 Å². The smallest absolute Gasteiger partial charge is 0.181 e. The van der Waals surface area contributed by atoms with Gasteiger partial charge in [0.05, 0.1) is 18.9 Å².